The lowest BCUT2D eigenvalue weighted by Crippen LogP contribution is -2.53. The lowest BCUT2D eigenvalue weighted by molar-refractivity contribution is -0.138. The molecule has 3 amide bonds. The zero-order valence-electron chi connectivity index (χ0n) is 22.4. The van der Waals surface area contributed by atoms with Gasteiger partial charge in [0.1, 0.15) is 12.1 Å². The SMILES string of the molecule is CC(C)CC(NC(=O)c1ccc(C(C)(C)C)cc1)C(=O)N1CCC2C1C(=O)CN2C(=O)c1ccccc1. The maximum atomic E-state index is 13.7. The van der Waals surface area contributed by atoms with Crippen LogP contribution in [0.3, 0.4) is 0 Å². The molecule has 0 aliphatic carbocycles. The fourth-order valence-electron chi connectivity index (χ4n) is 5.34. The first-order valence-corrected chi connectivity index (χ1v) is 13.1. The summed E-state index contributed by atoms with van der Waals surface area (Å²) in [7, 11) is 0. The van der Waals surface area contributed by atoms with Crippen LogP contribution in [0.4, 0.5) is 0 Å². The highest BCUT2D eigenvalue weighted by molar-refractivity contribution is 6.03. The number of carbonyl (C=O) groups is 4. The topological polar surface area (TPSA) is 86.8 Å². The van der Waals surface area contributed by atoms with Gasteiger partial charge in [0.05, 0.1) is 12.6 Å². The van der Waals surface area contributed by atoms with Crippen molar-refractivity contribution in [2.24, 2.45) is 5.92 Å². The van der Waals surface area contributed by atoms with Crippen LogP contribution in [-0.2, 0) is 15.0 Å². The lowest BCUT2D eigenvalue weighted by Gasteiger charge is -2.29. The van der Waals surface area contributed by atoms with Gasteiger partial charge in [0.15, 0.2) is 5.78 Å². The van der Waals surface area contributed by atoms with Gasteiger partial charge in [-0.1, -0.05) is 65.0 Å². The Labute approximate surface area is 219 Å². The molecule has 2 aliphatic rings. The molecule has 7 heteroatoms. The van der Waals surface area contributed by atoms with E-state index in [1.165, 1.54) is 0 Å². The van der Waals surface area contributed by atoms with E-state index in [4.69, 9.17) is 0 Å². The second-order valence-corrected chi connectivity index (χ2v) is 11.6. The summed E-state index contributed by atoms with van der Waals surface area (Å²) in [6.07, 6.45) is 0.997. The van der Waals surface area contributed by atoms with E-state index < -0.39 is 12.1 Å². The Morgan fingerprint density at radius 2 is 1.59 bits per heavy atom. The summed E-state index contributed by atoms with van der Waals surface area (Å²) < 4.78 is 0. The second kappa shape index (κ2) is 10.5. The highest BCUT2D eigenvalue weighted by Crippen LogP contribution is 2.32. The number of likely N-dealkylation sites (tertiary alicyclic amines) is 2. The van der Waals surface area contributed by atoms with Crippen LogP contribution < -0.4 is 5.32 Å². The van der Waals surface area contributed by atoms with Crippen LogP contribution in [0.5, 0.6) is 0 Å². The number of amides is 3. The second-order valence-electron chi connectivity index (χ2n) is 11.6. The Balaban J connectivity index is 1.50. The minimum absolute atomic E-state index is 0.00578. The standard InChI is InChI=1S/C30H37N3O4/c1-19(2)17-23(31-27(35)20-11-13-22(14-12-20)30(3,4)5)29(37)32-16-15-24-26(32)25(34)18-33(24)28(36)21-9-7-6-8-10-21/h6-14,19,23-24,26H,15-18H2,1-5H3,(H,31,35). The van der Waals surface area contributed by atoms with E-state index in [2.05, 4.69) is 26.1 Å². The minimum atomic E-state index is -0.750. The molecule has 0 saturated carbocycles. The lowest BCUT2D eigenvalue weighted by atomic mass is 9.86. The summed E-state index contributed by atoms with van der Waals surface area (Å²) in [6, 6.07) is 14.6. The van der Waals surface area contributed by atoms with Crippen molar-refractivity contribution in [1.29, 1.82) is 0 Å². The normalized spacial score (nSPS) is 20.2. The molecule has 4 rings (SSSR count). The summed E-state index contributed by atoms with van der Waals surface area (Å²) in [5.74, 6) is -0.738. The predicted molar refractivity (Wildman–Crippen MR) is 142 cm³/mol. The molecular formula is C30H37N3O4. The maximum absolute atomic E-state index is 13.7. The minimum Gasteiger partial charge on any atom is -0.340 e. The van der Waals surface area contributed by atoms with Crippen molar-refractivity contribution >= 4 is 23.5 Å². The maximum Gasteiger partial charge on any atom is 0.254 e. The summed E-state index contributed by atoms with van der Waals surface area (Å²) >= 11 is 0. The van der Waals surface area contributed by atoms with E-state index in [1.54, 1.807) is 46.2 Å². The van der Waals surface area contributed by atoms with Gasteiger partial charge in [-0.05, 0) is 54.0 Å². The van der Waals surface area contributed by atoms with Crippen LogP contribution in [0.15, 0.2) is 54.6 Å². The third-order valence-electron chi connectivity index (χ3n) is 7.31. The molecule has 37 heavy (non-hydrogen) atoms. The van der Waals surface area contributed by atoms with Crippen molar-refractivity contribution in [2.45, 2.75) is 71.0 Å². The van der Waals surface area contributed by atoms with Crippen molar-refractivity contribution < 1.29 is 19.2 Å². The first-order valence-electron chi connectivity index (χ1n) is 13.1. The number of rotatable bonds is 6. The molecule has 1 N–H and O–H groups in total. The zero-order chi connectivity index (χ0) is 26.9. The van der Waals surface area contributed by atoms with Gasteiger partial charge in [0.2, 0.25) is 5.91 Å². The van der Waals surface area contributed by atoms with E-state index in [0.29, 0.717) is 30.5 Å². The molecule has 0 spiro atoms. The van der Waals surface area contributed by atoms with Gasteiger partial charge in [-0.25, -0.2) is 0 Å². The molecule has 2 heterocycles. The van der Waals surface area contributed by atoms with Crippen LogP contribution in [-0.4, -0.2) is 64.5 Å². The number of nitrogens with one attached hydrogen (secondary N) is 1. The van der Waals surface area contributed by atoms with Gasteiger partial charge in [-0.3, -0.25) is 19.2 Å². The molecule has 2 aromatic rings. The van der Waals surface area contributed by atoms with Gasteiger partial charge >= 0.3 is 0 Å². The Hall–Kier alpha value is -3.48. The van der Waals surface area contributed by atoms with Gasteiger partial charge in [0.25, 0.3) is 11.8 Å². The van der Waals surface area contributed by atoms with Gasteiger partial charge in [-0.15, -0.1) is 0 Å². The summed E-state index contributed by atoms with van der Waals surface area (Å²) in [5, 5.41) is 2.93. The third-order valence-corrected chi connectivity index (χ3v) is 7.31. The molecule has 0 bridgehead atoms. The molecule has 7 nitrogen and oxygen atoms in total. The quantitative estimate of drug-likeness (QED) is 0.649. The smallest absolute Gasteiger partial charge is 0.254 e. The highest BCUT2D eigenvalue weighted by atomic mass is 16.2. The van der Waals surface area contributed by atoms with Crippen molar-refractivity contribution in [3.8, 4) is 0 Å². The third kappa shape index (κ3) is 5.60. The molecule has 3 atom stereocenters. The number of fused-ring (bicyclic) bond motifs is 1. The number of hydrogen-bond donors (Lipinski definition) is 1. The largest absolute Gasteiger partial charge is 0.340 e. The number of Topliss-reactive ketones (excluding diaryl/α,β-unsaturated/α-hetero) is 1. The first kappa shape index (κ1) is 26.6. The Morgan fingerprint density at radius 1 is 0.946 bits per heavy atom. The van der Waals surface area contributed by atoms with E-state index in [9.17, 15) is 19.2 Å². The number of ketones is 1. The Bertz CT molecular complexity index is 1170. The first-order chi connectivity index (χ1) is 17.5. The van der Waals surface area contributed by atoms with Crippen LogP contribution in [0, 0.1) is 5.92 Å². The molecule has 3 unspecified atom stereocenters. The number of hydrogen-bond acceptors (Lipinski definition) is 4. The Morgan fingerprint density at radius 3 is 2.19 bits per heavy atom. The molecule has 2 saturated heterocycles. The fourth-order valence-corrected chi connectivity index (χ4v) is 5.34. The summed E-state index contributed by atoms with van der Waals surface area (Å²) in [5.41, 5.74) is 2.12. The van der Waals surface area contributed by atoms with Crippen molar-refractivity contribution in [3.05, 3.63) is 71.3 Å². The van der Waals surface area contributed by atoms with Crippen LogP contribution in [0.2, 0.25) is 0 Å². The van der Waals surface area contributed by atoms with E-state index >= 15 is 0 Å². The highest BCUT2D eigenvalue weighted by Gasteiger charge is 2.52. The van der Waals surface area contributed by atoms with Crippen LogP contribution in [0.25, 0.3) is 0 Å². The number of benzene rings is 2. The van der Waals surface area contributed by atoms with E-state index in [1.807, 2.05) is 32.0 Å². The zero-order valence-corrected chi connectivity index (χ0v) is 22.4. The van der Waals surface area contributed by atoms with Crippen molar-refractivity contribution in [1.82, 2.24) is 15.1 Å². The van der Waals surface area contributed by atoms with Gasteiger partial charge < -0.3 is 15.1 Å². The fraction of sp³-hybridized carbons (Fsp3) is 0.467. The van der Waals surface area contributed by atoms with E-state index in [-0.39, 0.29) is 47.4 Å². The van der Waals surface area contributed by atoms with Gasteiger partial charge in [-0.2, -0.15) is 0 Å². The average molecular weight is 504 g/mol. The molecule has 0 radical (unpaired) electrons. The Kier molecular flexibility index (Phi) is 7.53. The van der Waals surface area contributed by atoms with Crippen molar-refractivity contribution in [2.75, 3.05) is 13.1 Å². The summed E-state index contributed by atoms with van der Waals surface area (Å²) in [6.45, 7) is 10.7. The molecule has 2 fully saturated rings. The molecule has 2 aliphatic heterocycles. The molecular weight excluding hydrogens is 466 g/mol. The average Bonchev–Trinajstić information content (AvgIpc) is 3.44. The van der Waals surface area contributed by atoms with Crippen molar-refractivity contribution in [3.63, 3.8) is 0 Å². The summed E-state index contributed by atoms with van der Waals surface area (Å²) in [4.78, 5) is 56.1. The molecule has 0 aromatic heterocycles. The predicted octanol–water partition coefficient (Wildman–Crippen LogP) is 3.82. The van der Waals surface area contributed by atoms with Gasteiger partial charge in [0, 0.05) is 17.7 Å². The monoisotopic (exact) mass is 503 g/mol. The van der Waals surface area contributed by atoms with Crippen LogP contribution >= 0.6 is 0 Å². The van der Waals surface area contributed by atoms with Crippen LogP contribution in [0.1, 0.15) is 73.7 Å². The molecule has 196 valence electrons. The number of nitrogens with zero attached hydrogens (tertiary/aromatic N) is 2. The number of carbonyl (C=O) groups excluding carboxylic acids is 4. The molecule has 2 aromatic carbocycles. The van der Waals surface area contributed by atoms with E-state index in [0.717, 1.165) is 5.56 Å².